The van der Waals surface area contributed by atoms with Crippen LogP contribution >= 0.6 is 11.6 Å². The van der Waals surface area contributed by atoms with E-state index >= 15 is 0 Å². The Hall–Kier alpha value is -2.86. The van der Waals surface area contributed by atoms with Crippen molar-refractivity contribution >= 4 is 50.7 Å². The lowest BCUT2D eigenvalue weighted by Crippen LogP contribution is -1.97. The number of rotatable bonds is 2. The molecule has 4 rings (SSSR count). The third kappa shape index (κ3) is 2.33. The van der Waals surface area contributed by atoms with Gasteiger partial charge in [0.05, 0.1) is 16.4 Å². The van der Waals surface area contributed by atoms with Crippen LogP contribution in [-0.4, -0.2) is 15.2 Å². The number of halogens is 2. The van der Waals surface area contributed by atoms with Crippen molar-refractivity contribution in [2.24, 2.45) is 0 Å². The molecule has 0 aliphatic heterocycles. The van der Waals surface area contributed by atoms with Crippen molar-refractivity contribution in [3.05, 3.63) is 53.3 Å². The van der Waals surface area contributed by atoms with E-state index in [9.17, 15) is 4.39 Å². The van der Waals surface area contributed by atoms with Gasteiger partial charge >= 0.3 is 0 Å². The maximum atomic E-state index is 13.5. The second kappa shape index (κ2) is 5.10. The predicted molar refractivity (Wildman–Crippen MR) is 90.5 cm³/mol. The summed E-state index contributed by atoms with van der Waals surface area (Å²) in [4.78, 5) is 4.49. The van der Waals surface area contributed by atoms with Crippen LogP contribution in [0.25, 0.3) is 21.8 Å². The smallest absolute Gasteiger partial charge is 0.156 e. The molecule has 4 aromatic rings. The minimum absolute atomic E-state index is 0.329. The number of pyridine rings is 1. The molecule has 0 saturated carbocycles. The lowest BCUT2D eigenvalue weighted by Gasteiger charge is -2.09. The first-order chi connectivity index (χ1) is 11.1. The topological polar surface area (TPSA) is 79.6 Å². The first kappa shape index (κ1) is 13.8. The predicted octanol–water partition coefficient (Wildman–Crippen LogP) is 4.23. The zero-order valence-corrected chi connectivity index (χ0v) is 12.5. The number of nitrogens with zero attached hydrogens (tertiary/aromatic N) is 2. The highest BCUT2D eigenvalue weighted by molar-refractivity contribution is 6.30. The molecule has 2 aromatic carbocycles. The molecule has 2 aromatic heterocycles. The van der Waals surface area contributed by atoms with E-state index in [0.717, 1.165) is 11.1 Å². The fraction of sp³-hybridized carbons (Fsp3) is 0. The summed E-state index contributed by atoms with van der Waals surface area (Å²) in [7, 11) is 0. The normalized spacial score (nSPS) is 11.2. The molecule has 4 N–H and O–H groups in total. The Morgan fingerprint density at radius 1 is 1.13 bits per heavy atom. The molecule has 0 aliphatic carbocycles. The molecule has 7 heteroatoms. The molecule has 0 aliphatic rings. The summed E-state index contributed by atoms with van der Waals surface area (Å²) in [5, 5.41) is 12.2. The minimum atomic E-state index is -0.353. The van der Waals surface area contributed by atoms with E-state index in [4.69, 9.17) is 17.3 Å². The van der Waals surface area contributed by atoms with Crippen LogP contribution in [0.1, 0.15) is 0 Å². The molecule has 0 fully saturated rings. The number of hydrogen-bond acceptors (Lipinski definition) is 4. The maximum absolute atomic E-state index is 13.5. The van der Waals surface area contributed by atoms with Gasteiger partial charge in [0.15, 0.2) is 5.82 Å². The summed E-state index contributed by atoms with van der Waals surface area (Å²) in [6.07, 6.45) is 0. The number of aromatic nitrogens is 3. The SMILES string of the molecule is Nc1n[nH]c2c1c(Nc1ccc(Cl)cc1)nc1cc(F)ccc12. The molecule has 0 amide bonds. The van der Waals surface area contributed by atoms with Gasteiger partial charge in [-0.1, -0.05) is 11.6 Å². The van der Waals surface area contributed by atoms with Gasteiger partial charge in [0.25, 0.3) is 0 Å². The average Bonchev–Trinajstić information content (AvgIpc) is 2.92. The molecule has 23 heavy (non-hydrogen) atoms. The van der Waals surface area contributed by atoms with Gasteiger partial charge in [-0.05, 0) is 36.4 Å². The highest BCUT2D eigenvalue weighted by atomic mass is 35.5. The van der Waals surface area contributed by atoms with Crippen molar-refractivity contribution in [1.82, 2.24) is 15.2 Å². The molecule has 5 nitrogen and oxygen atoms in total. The molecular weight excluding hydrogens is 317 g/mol. The van der Waals surface area contributed by atoms with Gasteiger partial charge in [0.2, 0.25) is 0 Å². The lowest BCUT2D eigenvalue weighted by molar-refractivity contribution is 0.629. The Morgan fingerprint density at radius 2 is 1.91 bits per heavy atom. The van der Waals surface area contributed by atoms with Gasteiger partial charge < -0.3 is 11.1 Å². The summed E-state index contributed by atoms with van der Waals surface area (Å²) < 4.78 is 13.5. The van der Waals surface area contributed by atoms with Crippen molar-refractivity contribution in [3.63, 3.8) is 0 Å². The largest absolute Gasteiger partial charge is 0.382 e. The highest BCUT2D eigenvalue weighted by Gasteiger charge is 2.14. The maximum Gasteiger partial charge on any atom is 0.156 e. The quantitative estimate of drug-likeness (QED) is 0.514. The first-order valence-electron chi connectivity index (χ1n) is 6.87. The van der Waals surface area contributed by atoms with Crippen LogP contribution in [0.3, 0.4) is 0 Å². The number of aromatic amines is 1. The molecule has 0 radical (unpaired) electrons. The highest BCUT2D eigenvalue weighted by Crippen LogP contribution is 2.33. The monoisotopic (exact) mass is 327 g/mol. The van der Waals surface area contributed by atoms with Gasteiger partial charge in [0.1, 0.15) is 11.6 Å². The second-order valence-electron chi connectivity index (χ2n) is 5.11. The molecule has 0 saturated heterocycles. The molecule has 2 heterocycles. The molecule has 114 valence electrons. The summed E-state index contributed by atoms with van der Waals surface area (Å²) in [6, 6.07) is 11.6. The number of nitrogens with one attached hydrogen (secondary N) is 2. The van der Waals surface area contributed by atoms with Gasteiger partial charge in [-0.25, -0.2) is 9.37 Å². The molecule has 0 spiro atoms. The Labute approximate surface area is 135 Å². The van der Waals surface area contributed by atoms with Crippen LogP contribution in [0.2, 0.25) is 5.02 Å². The Morgan fingerprint density at radius 3 is 2.70 bits per heavy atom. The molecular formula is C16H11ClFN5. The fourth-order valence-electron chi connectivity index (χ4n) is 2.54. The van der Waals surface area contributed by atoms with Crippen LogP contribution in [0, 0.1) is 5.82 Å². The van der Waals surface area contributed by atoms with Crippen molar-refractivity contribution in [2.45, 2.75) is 0 Å². The number of fused-ring (bicyclic) bond motifs is 3. The van der Waals surface area contributed by atoms with Gasteiger partial charge in [0, 0.05) is 22.2 Å². The van der Waals surface area contributed by atoms with E-state index in [2.05, 4.69) is 20.5 Å². The van der Waals surface area contributed by atoms with Crippen LogP contribution in [0.15, 0.2) is 42.5 Å². The van der Waals surface area contributed by atoms with Gasteiger partial charge in [-0.15, -0.1) is 0 Å². The van der Waals surface area contributed by atoms with E-state index < -0.39 is 0 Å². The van der Waals surface area contributed by atoms with Crippen molar-refractivity contribution in [3.8, 4) is 0 Å². The van der Waals surface area contributed by atoms with Crippen molar-refractivity contribution in [2.75, 3.05) is 11.1 Å². The van der Waals surface area contributed by atoms with Crippen LogP contribution in [-0.2, 0) is 0 Å². The van der Waals surface area contributed by atoms with E-state index in [1.165, 1.54) is 12.1 Å². The van der Waals surface area contributed by atoms with Crippen LogP contribution in [0.5, 0.6) is 0 Å². The zero-order chi connectivity index (χ0) is 16.0. The number of anilines is 3. The number of nitrogens with two attached hydrogens (primary N) is 1. The average molecular weight is 328 g/mol. The van der Waals surface area contributed by atoms with E-state index in [0.29, 0.717) is 33.1 Å². The van der Waals surface area contributed by atoms with E-state index in [-0.39, 0.29) is 5.82 Å². The number of nitrogen functional groups attached to an aromatic ring is 1. The standard InChI is InChI=1S/C16H11ClFN5/c17-8-1-4-10(5-2-8)20-16-13-14(22-23-15(13)19)11-6-3-9(18)7-12(11)21-16/h1-7H,(H,20,21)(H3,19,22,23). The Balaban J connectivity index is 1.95. The first-order valence-corrected chi connectivity index (χ1v) is 7.25. The zero-order valence-electron chi connectivity index (χ0n) is 11.8. The molecule has 0 atom stereocenters. The van der Waals surface area contributed by atoms with Crippen LogP contribution < -0.4 is 11.1 Å². The fourth-order valence-corrected chi connectivity index (χ4v) is 2.66. The number of hydrogen-bond donors (Lipinski definition) is 3. The van der Waals surface area contributed by atoms with Crippen molar-refractivity contribution in [1.29, 1.82) is 0 Å². The Bertz CT molecular complexity index is 1030. The lowest BCUT2D eigenvalue weighted by atomic mass is 10.1. The van der Waals surface area contributed by atoms with Gasteiger partial charge in [-0.2, -0.15) is 5.10 Å². The van der Waals surface area contributed by atoms with Gasteiger partial charge in [-0.3, -0.25) is 5.10 Å². The second-order valence-corrected chi connectivity index (χ2v) is 5.55. The van der Waals surface area contributed by atoms with Crippen LogP contribution in [0.4, 0.5) is 21.7 Å². The van der Waals surface area contributed by atoms with Crippen molar-refractivity contribution < 1.29 is 4.39 Å². The van der Waals surface area contributed by atoms with E-state index in [1.807, 2.05) is 12.1 Å². The third-order valence-corrected chi connectivity index (χ3v) is 3.85. The summed E-state index contributed by atoms with van der Waals surface area (Å²) in [5.41, 5.74) is 7.97. The number of benzene rings is 2. The summed E-state index contributed by atoms with van der Waals surface area (Å²) in [6.45, 7) is 0. The molecule has 0 bridgehead atoms. The molecule has 0 unspecified atom stereocenters. The number of H-pyrrole nitrogens is 1. The van der Waals surface area contributed by atoms with E-state index in [1.54, 1.807) is 18.2 Å². The summed E-state index contributed by atoms with van der Waals surface area (Å²) in [5.74, 6) is 0.483. The Kier molecular flexibility index (Phi) is 3.06. The third-order valence-electron chi connectivity index (χ3n) is 3.60. The summed E-state index contributed by atoms with van der Waals surface area (Å²) >= 11 is 5.89. The minimum Gasteiger partial charge on any atom is -0.382 e.